The van der Waals surface area contributed by atoms with Gasteiger partial charge in [0.05, 0.1) is 15.5 Å². The van der Waals surface area contributed by atoms with E-state index in [1.54, 1.807) is 18.2 Å². The molecule has 1 heterocycles. The van der Waals surface area contributed by atoms with Crippen molar-refractivity contribution in [3.63, 3.8) is 0 Å². The van der Waals surface area contributed by atoms with Crippen LogP contribution in [0.3, 0.4) is 0 Å². The average Bonchev–Trinajstić information content (AvgIpc) is 2.45. The number of carboxylic acid groups (broad SMARTS) is 1. The molecule has 0 spiro atoms. The van der Waals surface area contributed by atoms with Gasteiger partial charge >= 0.3 is 5.97 Å². The van der Waals surface area contributed by atoms with Gasteiger partial charge in [-0.1, -0.05) is 18.2 Å². The molecule has 0 saturated carbocycles. The molecule has 102 valence electrons. The molecule has 0 bridgehead atoms. The lowest BCUT2D eigenvalue weighted by molar-refractivity contribution is -0.385. The van der Waals surface area contributed by atoms with Crippen molar-refractivity contribution in [1.82, 2.24) is 4.98 Å². The fourth-order valence-electron chi connectivity index (χ4n) is 1.58. The molecular weight excluding hydrogens is 280 g/mol. The van der Waals surface area contributed by atoms with Crippen molar-refractivity contribution in [3.05, 3.63) is 63.8 Å². The number of carbonyl (C=O) groups is 1. The van der Waals surface area contributed by atoms with E-state index >= 15 is 0 Å². The predicted octanol–water partition coefficient (Wildman–Crippen LogP) is 2.98. The first kappa shape index (κ1) is 14.0. The van der Waals surface area contributed by atoms with E-state index in [4.69, 9.17) is 5.11 Å². The van der Waals surface area contributed by atoms with Gasteiger partial charge in [0.1, 0.15) is 0 Å². The second-order valence-electron chi connectivity index (χ2n) is 3.86. The van der Waals surface area contributed by atoms with E-state index in [1.807, 2.05) is 0 Å². The zero-order valence-electron chi connectivity index (χ0n) is 10.2. The van der Waals surface area contributed by atoms with Crippen LogP contribution in [0.4, 0.5) is 5.69 Å². The van der Waals surface area contributed by atoms with Crippen LogP contribution in [-0.4, -0.2) is 21.0 Å². The molecule has 2 rings (SSSR count). The second kappa shape index (κ2) is 6.16. The third kappa shape index (κ3) is 3.33. The van der Waals surface area contributed by atoms with E-state index < -0.39 is 10.9 Å². The minimum absolute atomic E-state index is 0.0504. The summed E-state index contributed by atoms with van der Waals surface area (Å²) >= 11 is 1.26. The number of pyridine rings is 1. The third-order valence-electron chi connectivity index (χ3n) is 2.55. The highest BCUT2D eigenvalue weighted by Gasteiger charge is 2.13. The number of nitro groups is 1. The molecule has 2 aromatic rings. The summed E-state index contributed by atoms with van der Waals surface area (Å²) in [6.45, 7) is 0. The molecular formula is C13H10N2O4S. The molecule has 7 heteroatoms. The van der Waals surface area contributed by atoms with Gasteiger partial charge in [-0.15, -0.1) is 11.8 Å². The summed E-state index contributed by atoms with van der Waals surface area (Å²) in [5.41, 5.74) is 0.768. The van der Waals surface area contributed by atoms with Crippen LogP contribution in [0, 0.1) is 10.1 Å². The maximum absolute atomic E-state index is 10.9. The molecule has 0 aliphatic carbocycles. The predicted molar refractivity (Wildman–Crippen MR) is 73.9 cm³/mol. The molecule has 0 amide bonds. The Morgan fingerprint density at radius 2 is 2.10 bits per heavy atom. The number of thioether (sulfide) groups is 1. The summed E-state index contributed by atoms with van der Waals surface area (Å²) in [6, 6.07) is 9.29. The summed E-state index contributed by atoms with van der Waals surface area (Å²) in [7, 11) is 0. The number of para-hydroxylation sites is 1. The highest BCUT2D eigenvalue weighted by atomic mass is 32.2. The van der Waals surface area contributed by atoms with Gasteiger partial charge in [-0.25, -0.2) is 9.78 Å². The van der Waals surface area contributed by atoms with Gasteiger partial charge in [-0.3, -0.25) is 10.1 Å². The van der Waals surface area contributed by atoms with Gasteiger partial charge in [-0.2, -0.15) is 0 Å². The quantitative estimate of drug-likeness (QED) is 0.517. The fraction of sp³-hybridized carbons (Fsp3) is 0.0769. The van der Waals surface area contributed by atoms with Crippen molar-refractivity contribution >= 4 is 23.4 Å². The number of rotatable bonds is 5. The number of nitro benzene ring substituents is 1. The minimum atomic E-state index is -1.03. The number of carboxylic acids is 1. The molecule has 1 aromatic heterocycles. The van der Waals surface area contributed by atoms with Crippen molar-refractivity contribution in [2.75, 3.05) is 0 Å². The minimum Gasteiger partial charge on any atom is -0.478 e. The lowest BCUT2D eigenvalue weighted by Gasteiger charge is -2.03. The van der Waals surface area contributed by atoms with Crippen LogP contribution in [0.15, 0.2) is 47.6 Å². The maximum Gasteiger partial charge on any atom is 0.335 e. The number of aromatic nitrogens is 1. The molecule has 0 aliphatic rings. The van der Waals surface area contributed by atoms with Crippen LogP contribution < -0.4 is 0 Å². The van der Waals surface area contributed by atoms with Gasteiger partial charge < -0.3 is 5.11 Å². The Balaban J connectivity index is 2.15. The highest BCUT2D eigenvalue weighted by Crippen LogP contribution is 2.26. The van der Waals surface area contributed by atoms with E-state index in [9.17, 15) is 14.9 Å². The van der Waals surface area contributed by atoms with E-state index in [-0.39, 0.29) is 11.3 Å². The molecule has 0 unspecified atom stereocenters. The monoisotopic (exact) mass is 290 g/mol. The first-order chi connectivity index (χ1) is 9.58. The SMILES string of the molecule is O=C(O)c1ccnc(SCc2ccccc2[N+](=O)[O-])c1. The van der Waals surface area contributed by atoms with Crippen LogP contribution >= 0.6 is 11.8 Å². The Bertz CT molecular complexity index is 660. The van der Waals surface area contributed by atoms with E-state index in [2.05, 4.69) is 4.98 Å². The molecule has 0 radical (unpaired) electrons. The Labute approximate surface area is 118 Å². The molecule has 1 N–H and O–H groups in total. The van der Waals surface area contributed by atoms with Crippen molar-refractivity contribution < 1.29 is 14.8 Å². The zero-order chi connectivity index (χ0) is 14.5. The molecule has 0 aliphatic heterocycles. The normalized spacial score (nSPS) is 10.2. The molecule has 0 fully saturated rings. The maximum atomic E-state index is 10.9. The van der Waals surface area contributed by atoms with E-state index in [1.165, 1.54) is 36.2 Å². The largest absolute Gasteiger partial charge is 0.478 e. The van der Waals surface area contributed by atoms with Gasteiger partial charge in [0.2, 0.25) is 0 Å². The summed E-state index contributed by atoms with van der Waals surface area (Å²) < 4.78 is 0. The Morgan fingerprint density at radius 3 is 2.80 bits per heavy atom. The number of aromatic carboxylic acids is 1. The third-order valence-corrected chi connectivity index (χ3v) is 3.52. The van der Waals surface area contributed by atoms with Gasteiger partial charge in [0.15, 0.2) is 0 Å². The molecule has 20 heavy (non-hydrogen) atoms. The second-order valence-corrected chi connectivity index (χ2v) is 4.86. The summed E-state index contributed by atoms with van der Waals surface area (Å²) in [6.07, 6.45) is 1.41. The number of nitrogens with zero attached hydrogens (tertiary/aromatic N) is 2. The number of benzene rings is 1. The van der Waals surface area contributed by atoms with Crippen LogP contribution in [0.1, 0.15) is 15.9 Å². The van der Waals surface area contributed by atoms with Crippen LogP contribution in [0.2, 0.25) is 0 Å². The number of hydrogen-bond donors (Lipinski definition) is 1. The van der Waals surface area contributed by atoms with Crippen LogP contribution in [0.25, 0.3) is 0 Å². The van der Waals surface area contributed by atoms with E-state index in [0.29, 0.717) is 16.3 Å². The Kier molecular flexibility index (Phi) is 4.31. The first-order valence-corrected chi connectivity index (χ1v) is 6.61. The summed E-state index contributed by atoms with van der Waals surface area (Å²) in [5, 5.41) is 20.3. The van der Waals surface area contributed by atoms with E-state index in [0.717, 1.165) is 0 Å². The van der Waals surface area contributed by atoms with Crippen molar-refractivity contribution in [1.29, 1.82) is 0 Å². The van der Waals surface area contributed by atoms with Gasteiger partial charge in [0, 0.05) is 23.6 Å². The van der Waals surface area contributed by atoms with Gasteiger partial charge in [-0.05, 0) is 12.1 Å². The standard InChI is InChI=1S/C13H10N2O4S/c16-13(17)9-5-6-14-12(7-9)20-8-10-3-1-2-4-11(10)15(18)19/h1-7H,8H2,(H,16,17). The zero-order valence-corrected chi connectivity index (χ0v) is 11.0. The van der Waals surface area contributed by atoms with Crippen molar-refractivity contribution in [2.24, 2.45) is 0 Å². The van der Waals surface area contributed by atoms with Gasteiger partial charge in [0.25, 0.3) is 5.69 Å². The van der Waals surface area contributed by atoms with Crippen LogP contribution in [0.5, 0.6) is 0 Å². The molecule has 0 saturated heterocycles. The first-order valence-electron chi connectivity index (χ1n) is 5.62. The summed E-state index contributed by atoms with van der Waals surface area (Å²) in [5.74, 6) is -0.673. The molecule has 0 atom stereocenters. The highest BCUT2D eigenvalue weighted by molar-refractivity contribution is 7.98. The van der Waals surface area contributed by atoms with Crippen molar-refractivity contribution in [2.45, 2.75) is 10.8 Å². The lowest BCUT2D eigenvalue weighted by atomic mass is 10.2. The topological polar surface area (TPSA) is 93.3 Å². The number of hydrogen-bond acceptors (Lipinski definition) is 5. The Hall–Kier alpha value is -2.41. The molecule has 1 aromatic carbocycles. The Morgan fingerprint density at radius 1 is 1.35 bits per heavy atom. The average molecular weight is 290 g/mol. The lowest BCUT2D eigenvalue weighted by Crippen LogP contribution is -1.97. The summed E-state index contributed by atoms with van der Waals surface area (Å²) in [4.78, 5) is 25.3. The fourth-order valence-corrected chi connectivity index (χ4v) is 2.48. The smallest absolute Gasteiger partial charge is 0.335 e. The molecule has 6 nitrogen and oxygen atoms in total. The van der Waals surface area contributed by atoms with Crippen LogP contribution in [-0.2, 0) is 5.75 Å². The van der Waals surface area contributed by atoms with Crippen molar-refractivity contribution in [3.8, 4) is 0 Å².